The van der Waals surface area contributed by atoms with Crippen molar-refractivity contribution in [3.05, 3.63) is 46.0 Å². The smallest absolute Gasteiger partial charge is 0.331 e. The number of ketones is 1. The third-order valence-electron chi connectivity index (χ3n) is 4.25. The highest BCUT2D eigenvalue weighted by molar-refractivity contribution is 7.09. The molecule has 2 heterocycles. The Morgan fingerprint density at radius 3 is 2.45 bits per heavy atom. The zero-order valence-corrected chi connectivity index (χ0v) is 18.6. The summed E-state index contributed by atoms with van der Waals surface area (Å²) < 4.78 is 15.6. The van der Waals surface area contributed by atoms with Crippen LogP contribution >= 0.6 is 11.3 Å². The summed E-state index contributed by atoms with van der Waals surface area (Å²) in [6.45, 7) is 6.62. The molecular formula is C22H25NO7S. The zero-order chi connectivity index (χ0) is 23.0. The molecule has 9 heteroatoms. The molecule has 0 saturated carbocycles. The van der Waals surface area contributed by atoms with Crippen molar-refractivity contribution in [2.24, 2.45) is 0 Å². The van der Waals surface area contributed by atoms with Crippen molar-refractivity contribution >= 4 is 41.1 Å². The minimum atomic E-state index is -1.09. The fourth-order valence-corrected chi connectivity index (χ4v) is 3.24. The maximum absolute atomic E-state index is 12.2. The molecule has 0 saturated heterocycles. The molecule has 0 spiro atoms. The summed E-state index contributed by atoms with van der Waals surface area (Å²) in [5.74, 6) is -2.64. The van der Waals surface area contributed by atoms with Gasteiger partial charge in [-0.2, -0.15) is 0 Å². The van der Waals surface area contributed by atoms with Gasteiger partial charge in [-0.1, -0.05) is 6.08 Å². The van der Waals surface area contributed by atoms with E-state index < -0.39 is 42.0 Å². The molecule has 1 aliphatic rings. The van der Waals surface area contributed by atoms with Crippen LogP contribution in [0.4, 0.5) is 0 Å². The molecule has 3 atom stereocenters. The fourth-order valence-electron chi connectivity index (χ4n) is 2.67. The van der Waals surface area contributed by atoms with Gasteiger partial charge in [-0.05, 0) is 45.4 Å². The Balaban J connectivity index is 2.25. The average Bonchev–Trinajstić information content (AvgIpc) is 3.08. The van der Waals surface area contributed by atoms with E-state index in [9.17, 15) is 19.2 Å². The van der Waals surface area contributed by atoms with Crippen LogP contribution in [-0.4, -0.2) is 47.0 Å². The molecule has 0 aliphatic carbocycles. The number of aromatic nitrogens is 1. The van der Waals surface area contributed by atoms with E-state index in [4.69, 9.17) is 14.2 Å². The van der Waals surface area contributed by atoms with Crippen molar-refractivity contribution in [3.8, 4) is 0 Å². The molecule has 0 amide bonds. The lowest BCUT2D eigenvalue weighted by Gasteiger charge is -2.17. The fraction of sp³-hybridized carbons (Fsp3) is 0.409. The van der Waals surface area contributed by atoms with Crippen molar-refractivity contribution in [3.63, 3.8) is 0 Å². The van der Waals surface area contributed by atoms with E-state index in [-0.39, 0.29) is 12.8 Å². The number of cyclic esters (lactones) is 3. The van der Waals surface area contributed by atoms with Crippen molar-refractivity contribution in [1.82, 2.24) is 4.98 Å². The Bertz CT molecular complexity index is 928. The topological polar surface area (TPSA) is 109 Å². The highest BCUT2D eigenvalue weighted by Gasteiger charge is 2.21. The minimum Gasteiger partial charge on any atom is -0.459 e. The first-order valence-corrected chi connectivity index (χ1v) is 10.6. The predicted molar refractivity (Wildman–Crippen MR) is 114 cm³/mol. The standard InChI is InChI=1S/C22H25NO7S/c1-13(10-17-12-31-16(4)23-17)19-6-5-7-20(25)28-14(2)11-22(27)29-15(3)18(24)8-9-21(26)30-19/h5,7-10,12,14-15,19H,6,11H2,1-4H3/b7-5+,9-8+,13-10+/t14-,15-,19?/m0/s1. The van der Waals surface area contributed by atoms with Crippen molar-refractivity contribution in [1.29, 1.82) is 0 Å². The monoisotopic (exact) mass is 447 g/mol. The van der Waals surface area contributed by atoms with Gasteiger partial charge in [0.25, 0.3) is 0 Å². The molecule has 1 aromatic heterocycles. The van der Waals surface area contributed by atoms with Gasteiger partial charge >= 0.3 is 17.9 Å². The number of ether oxygens (including phenoxy) is 3. The van der Waals surface area contributed by atoms with E-state index in [0.29, 0.717) is 5.57 Å². The van der Waals surface area contributed by atoms with E-state index in [2.05, 4.69) is 4.98 Å². The molecule has 2 rings (SSSR count). The summed E-state index contributed by atoms with van der Waals surface area (Å²) in [5, 5.41) is 2.79. The molecule has 0 aromatic carbocycles. The molecule has 31 heavy (non-hydrogen) atoms. The maximum atomic E-state index is 12.2. The predicted octanol–water partition coefficient (Wildman–Crippen LogP) is 3.11. The Labute approximate surface area is 184 Å². The summed E-state index contributed by atoms with van der Waals surface area (Å²) in [6, 6.07) is 0. The number of hydrogen-bond donors (Lipinski definition) is 0. The Kier molecular flexibility index (Phi) is 8.87. The normalized spacial score (nSPS) is 26.6. The molecule has 0 bridgehead atoms. The van der Waals surface area contributed by atoms with Gasteiger partial charge in [0.2, 0.25) is 0 Å². The van der Waals surface area contributed by atoms with Gasteiger partial charge in [0.15, 0.2) is 11.9 Å². The van der Waals surface area contributed by atoms with Crippen LogP contribution < -0.4 is 0 Å². The second kappa shape index (κ2) is 11.4. The average molecular weight is 448 g/mol. The largest absolute Gasteiger partial charge is 0.459 e. The molecule has 1 unspecified atom stereocenters. The number of carbonyl (C=O) groups excluding carboxylic acids is 4. The molecule has 0 fully saturated rings. The third-order valence-corrected chi connectivity index (χ3v) is 5.04. The number of rotatable bonds is 2. The van der Waals surface area contributed by atoms with Crippen molar-refractivity contribution < 1.29 is 33.4 Å². The van der Waals surface area contributed by atoms with Crippen LogP contribution in [-0.2, 0) is 33.4 Å². The Morgan fingerprint density at radius 2 is 1.77 bits per heavy atom. The molecule has 8 nitrogen and oxygen atoms in total. The number of hydrogen-bond acceptors (Lipinski definition) is 9. The highest BCUT2D eigenvalue weighted by atomic mass is 32.1. The Hall–Kier alpha value is -3.07. The number of aryl methyl sites for hydroxylation is 1. The van der Waals surface area contributed by atoms with Gasteiger partial charge in [-0.25, -0.2) is 14.6 Å². The quantitative estimate of drug-likeness (QED) is 0.503. The third kappa shape index (κ3) is 8.29. The molecule has 1 aliphatic heterocycles. The second-order valence-corrected chi connectivity index (χ2v) is 8.12. The number of nitrogens with zero attached hydrogens (tertiary/aromatic N) is 1. The lowest BCUT2D eigenvalue weighted by atomic mass is 10.1. The summed E-state index contributed by atoms with van der Waals surface area (Å²) in [5.41, 5.74) is 1.45. The van der Waals surface area contributed by atoms with E-state index in [1.165, 1.54) is 30.4 Å². The van der Waals surface area contributed by atoms with E-state index in [0.717, 1.165) is 22.9 Å². The zero-order valence-electron chi connectivity index (χ0n) is 17.8. The molecule has 166 valence electrons. The minimum absolute atomic E-state index is 0.194. The van der Waals surface area contributed by atoms with Gasteiger partial charge in [0.05, 0.1) is 17.1 Å². The van der Waals surface area contributed by atoms with Crippen molar-refractivity contribution in [2.75, 3.05) is 0 Å². The summed E-state index contributed by atoms with van der Waals surface area (Å²) in [6.07, 6.45) is 4.08. The summed E-state index contributed by atoms with van der Waals surface area (Å²) in [7, 11) is 0. The molecule has 0 radical (unpaired) electrons. The number of thiazole rings is 1. The van der Waals surface area contributed by atoms with Gasteiger partial charge in [0, 0.05) is 24.0 Å². The van der Waals surface area contributed by atoms with Crippen molar-refractivity contribution in [2.45, 2.75) is 58.8 Å². The second-order valence-electron chi connectivity index (χ2n) is 7.06. The van der Waals surface area contributed by atoms with Crippen LogP contribution in [0.1, 0.15) is 44.3 Å². The number of carbonyl (C=O) groups is 4. The Morgan fingerprint density at radius 1 is 1.06 bits per heavy atom. The van der Waals surface area contributed by atoms with E-state index in [1.807, 2.05) is 12.3 Å². The van der Waals surface area contributed by atoms with Crippen LogP contribution in [0.15, 0.2) is 35.3 Å². The lowest BCUT2D eigenvalue weighted by molar-refractivity contribution is -0.157. The van der Waals surface area contributed by atoms with Crippen LogP contribution in [0.3, 0.4) is 0 Å². The first-order chi connectivity index (χ1) is 14.6. The van der Waals surface area contributed by atoms with Gasteiger partial charge in [0.1, 0.15) is 12.2 Å². The lowest BCUT2D eigenvalue weighted by Crippen LogP contribution is -2.26. The van der Waals surface area contributed by atoms with E-state index >= 15 is 0 Å². The summed E-state index contributed by atoms with van der Waals surface area (Å²) >= 11 is 1.50. The first kappa shape index (κ1) is 24.2. The highest BCUT2D eigenvalue weighted by Crippen LogP contribution is 2.18. The van der Waals surface area contributed by atoms with Gasteiger partial charge in [-0.3, -0.25) is 9.59 Å². The van der Waals surface area contributed by atoms with Gasteiger partial charge in [-0.15, -0.1) is 11.3 Å². The van der Waals surface area contributed by atoms with Gasteiger partial charge < -0.3 is 14.2 Å². The summed E-state index contributed by atoms with van der Waals surface area (Å²) in [4.78, 5) is 52.6. The number of esters is 3. The maximum Gasteiger partial charge on any atom is 0.331 e. The van der Waals surface area contributed by atoms with E-state index in [1.54, 1.807) is 19.9 Å². The first-order valence-electron chi connectivity index (χ1n) is 9.73. The van der Waals surface area contributed by atoms with Crippen LogP contribution in [0.2, 0.25) is 0 Å². The molecule has 1 aromatic rings. The van der Waals surface area contributed by atoms with Crippen LogP contribution in [0.5, 0.6) is 0 Å². The van der Waals surface area contributed by atoms with Crippen LogP contribution in [0, 0.1) is 6.92 Å². The van der Waals surface area contributed by atoms with Crippen LogP contribution in [0.25, 0.3) is 6.08 Å². The molecule has 0 N–H and O–H groups in total. The SMILES string of the molecule is C/C(=C\c1csc(C)n1)C1C/C=C/C(=O)O[C@@H](C)CC(=O)O[C@@H](C)C(=O)/C=C/C(=O)O1. The molecular weight excluding hydrogens is 422 g/mol.